The summed E-state index contributed by atoms with van der Waals surface area (Å²) in [6, 6.07) is 4.94. The first kappa shape index (κ1) is 21.6. The fraction of sp³-hybridized carbons (Fsp3) is 0.526. The number of benzene rings is 1. The zero-order valence-electron chi connectivity index (χ0n) is 15.9. The van der Waals surface area contributed by atoms with Crippen LogP contribution in [0.2, 0.25) is 0 Å². The molecule has 6 nitrogen and oxygen atoms in total. The molecule has 2 N–H and O–H groups in total. The largest absolute Gasteiger partial charge is 0.416 e. The molecule has 10 heteroatoms. The number of halogens is 4. The Balaban J connectivity index is 0.00000240. The highest BCUT2D eigenvalue weighted by Crippen LogP contribution is 2.43. The van der Waals surface area contributed by atoms with Gasteiger partial charge < -0.3 is 10.6 Å². The van der Waals surface area contributed by atoms with E-state index in [0.29, 0.717) is 25.3 Å². The molecule has 1 saturated carbocycles. The van der Waals surface area contributed by atoms with Gasteiger partial charge in [0.2, 0.25) is 0 Å². The molecule has 1 aliphatic heterocycles. The Hall–Kier alpha value is -2.13. The minimum absolute atomic E-state index is 0. The van der Waals surface area contributed by atoms with Gasteiger partial charge in [0.1, 0.15) is 0 Å². The summed E-state index contributed by atoms with van der Waals surface area (Å²) in [6.07, 6.45) is -1.90. The fourth-order valence-corrected chi connectivity index (χ4v) is 3.68. The number of nitrogens with two attached hydrogens (primary N) is 1. The minimum atomic E-state index is -4.45. The standard InChI is InChI=1S/C19H22F3N5O.ClH/c1-18(10-23)7-8-26(11-18)17(28)15-16(12-5-6-12)27(25-24-15)14-4-2-3-13(9-14)19(20,21)22;/h2-4,9,12H,5-8,10-11,23H2,1H3;1H. The van der Waals surface area contributed by atoms with Crippen LogP contribution >= 0.6 is 12.4 Å². The Labute approximate surface area is 172 Å². The van der Waals surface area contributed by atoms with Gasteiger partial charge in [0.05, 0.1) is 16.9 Å². The van der Waals surface area contributed by atoms with Crippen molar-refractivity contribution in [2.24, 2.45) is 11.1 Å². The second kappa shape index (κ2) is 7.60. The Morgan fingerprint density at radius 1 is 1.34 bits per heavy atom. The maximum atomic E-state index is 13.1. The highest BCUT2D eigenvalue weighted by molar-refractivity contribution is 5.94. The summed E-state index contributed by atoms with van der Waals surface area (Å²) >= 11 is 0. The molecule has 1 atom stereocenters. The van der Waals surface area contributed by atoms with E-state index in [1.165, 1.54) is 10.7 Å². The third-order valence-corrected chi connectivity index (χ3v) is 5.63. The maximum absolute atomic E-state index is 13.1. The van der Waals surface area contributed by atoms with Gasteiger partial charge in [0, 0.05) is 19.0 Å². The van der Waals surface area contributed by atoms with Crippen LogP contribution in [0, 0.1) is 5.41 Å². The van der Waals surface area contributed by atoms with E-state index in [1.54, 1.807) is 11.0 Å². The molecule has 1 aromatic heterocycles. The molecular weight excluding hydrogens is 407 g/mol. The molecule has 2 fully saturated rings. The van der Waals surface area contributed by atoms with E-state index < -0.39 is 11.7 Å². The van der Waals surface area contributed by atoms with Crippen molar-refractivity contribution >= 4 is 18.3 Å². The molecule has 1 aliphatic carbocycles. The van der Waals surface area contributed by atoms with E-state index in [9.17, 15) is 18.0 Å². The monoisotopic (exact) mass is 429 g/mol. The zero-order valence-corrected chi connectivity index (χ0v) is 16.8. The van der Waals surface area contributed by atoms with E-state index in [-0.39, 0.29) is 41.0 Å². The number of hydrogen-bond acceptors (Lipinski definition) is 4. The van der Waals surface area contributed by atoms with Crippen LogP contribution in [-0.4, -0.2) is 45.4 Å². The number of aromatic nitrogens is 3. The molecule has 2 heterocycles. The van der Waals surface area contributed by atoms with Crippen molar-refractivity contribution in [3.63, 3.8) is 0 Å². The smallest absolute Gasteiger partial charge is 0.337 e. The first-order valence-corrected chi connectivity index (χ1v) is 9.34. The quantitative estimate of drug-likeness (QED) is 0.808. The van der Waals surface area contributed by atoms with Crippen LogP contribution in [0.3, 0.4) is 0 Å². The molecule has 2 aromatic rings. The number of carbonyl (C=O) groups excluding carboxylic acids is 1. The number of rotatable bonds is 4. The normalized spacial score (nSPS) is 21.9. The number of alkyl halides is 3. The highest BCUT2D eigenvalue weighted by atomic mass is 35.5. The molecule has 1 aromatic carbocycles. The minimum Gasteiger partial charge on any atom is -0.337 e. The molecule has 4 rings (SSSR count). The average Bonchev–Trinajstić information content (AvgIpc) is 3.28. The van der Waals surface area contributed by atoms with Crippen LogP contribution < -0.4 is 5.73 Å². The van der Waals surface area contributed by atoms with Crippen molar-refractivity contribution < 1.29 is 18.0 Å². The van der Waals surface area contributed by atoms with E-state index in [1.807, 2.05) is 6.92 Å². The molecule has 2 aliphatic rings. The van der Waals surface area contributed by atoms with Crippen LogP contribution in [0.4, 0.5) is 13.2 Å². The van der Waals surface area contributed by atoms with E-state index in [2.05, 4.69) is 10.3 Å². The summed E-state index contributed by atoms with van der Waals surface area (Å²) in [5, 5.41) is 8.12. The van der Waals surface area contributed by atoms with Crippen molar-refractivity contribution in [1.82, 2.24) is 19.9 Å². The molecule has 0 radical (unpaired) electrons. The zero-order chi connectivity index (χ0) is 20.1. The Morgan fingerprint density at radius 2 is 2.07 bits per heavy atom. The van der Waals surface area contributed by atoms with Gasteiger partial charge in [-0.3, -0.25) is 4.79 Å². The number of carbonyl (C=O) groups is 1. The van der Waals surface area contributed by atoms with Gasteiger partial charge in [-0.2, -0.15) is 13.2 Å². The van der Waals surface area contributed by atoms with E-state index in [0.717, 1.165) is 31.4 Å². The fourth-order valence-electron chi connectivity index (χ4n) is 3.68. The predicted molar refractivity (Wildman–Crippen MR) is 103 cm³/mol. The molecule has 29 heavy (non-hydrogen) atoms. The van der Waals surface area contributed by atoms with Crippen molar-refractivity contribution in [2.75, 3.05) is 19.6 Å². The number of amides is 1. The van der Waals surface area contributed by atoms with Gasteiger partial charge in [-0.15, -0.1) is 17.5 Å². The summed E-state index contributed by atoms with van der Waals surface area (Å²) in [4.78, 5) is 14.8. The highest BCUT2D eigenvalue weighted by Gasteiger charge is 2.40. The molecule has 1 unspecified atom stereocenters. The van der Waals surface area contributed by atoms with Crippen LogP contribution in [0.15, 0.2) is 24.3 Å². The SMILES string of the molecule is CC1(CN)CCN(C(=O)c2nnn(-c3cccc(C(F)(F)F)c3)c2C2CC2)C1.Cl. The van der Waals surface area contributed by atoms with Crippen molar-refractivity contribution in [2.45, 2.75) is 38.3 Å². The van der Waals surface area contributed by atoms with Gasteiger partial charge in [-0.1, -0.05) is 18.2 Å². The van der Waals surface area contributed by atoms with E-state index in [4.69, 9.17) is 5.73 Å². The summed E-state index contributed by atoms with van der Waals surface area (Å²) in [5.74, 6) is -0.135. The third-order valence-electron chi connectivity index (χ3n) is 5.63. The summed E-state index contributed by atoms with van der Waals surface area (Å²) < 4.78 is 40.6. The van der Waals surface area contributed by atoms with Gasteiger partial charge >= 0.3 is 6.18 Å². The van der Waals surface area contributed by atoms with Gasteiger partial charge in [-0.25, -0.2) is 4.68 Å². The summed E-state index contributed by atoms with van der Waals surface area (Å²) in [6.45, 7) is 3.67. The second-order valence-electron chi connectivity index (χ2n) is 8.05. The maximum Gasteiger partial charge on any atom is 0.416 e. The van der Waals surface area contributed by atoms with Gasteiger partial charge in [0.25, 0.3) is 5.91 Å². The van der Waals surface area contributed by atoms with Crippen LogP contribution in [-0.2, 0) is 6.18 Å². The molecule has 1 saturated heterocycles. The van der Waals surface area contributed by atoms with Crippen molar-refractivity contribution in [3.8, 4) is 5.69 Å². The first-order valence-electron chi connectivity index (χ1n) is 9.34. The Bertz CT molecular complexity index is 911. The first-order chi connectivity index (χ1) is 13.2. The van der Waals surface area contributed by atoms with E-state index >= 15 is 0 Å². The lowest BCUT2D eigenvalue weighted by atomic mass is 9.90. The van der Waals surface area contributed by atoms with Crippen molar-refractivity contribution in [1.29, 1.82) is 0 Å². The Kier molecular flexibility index (Phi) is 5.66. The summed E-state index contributed by atoms with van der Waals surface area (Å²) in [5.41, 5.74) is 6.05. The average molecular weight is 430 g/mol. The lowest BCUT2D eigenvalue weighted by molar-refractivity contribution is -0.137. The topological polar surface area (TPSA) is 77.0 Å². The lowest BCUT2D eigenvalue weighted by Crippen LogP contribution is -2.35. The predicted octanol–water partition coefficient (Wildman–Crippen LogP) is 3.40. The molecule has 1 amide bonds. The molecule has 158 valence electrons. The van der Waals surface area contributed by atoms with Crippen molar-refractivity contribution in [3.05, 3.63) is 41.2 Å². The number of hydrogen-bond donors (Lipinski definition) is 1. The van der Waals surface area contributed by atoms with Crippen LogP contribution in [0.5, 0.6) is 0 Å². The number of likely N-dealkylation sites (tertiary alicyclic amines) is 1. The molecular formula is C19H23ClF3N5O. The third kappa shape index (κ3) is 4.11. The summed E-state index contributed by atoms with van der Waals surface area (Å²) in [7, 11) is 0. The molecule has 0 bridgehead atoms. The van der Waals surface area contributed by atoms with Gasteiger partial charge in [0.15, 0.2) is 5.69 Å². The van der Waals surface area contributed by atoms with Crippen LogP contribution in [0.1, 0.15) is 53.8 Å². The second-order valence-corrected chi connectivity index (χ2v) is 8.05. The lowest BCUT2D eigenvalue weighted by Gasteiger charge is -2.22. The van der Waals surface area contributed by atoms with Gasteiger partial charge in [-0.05, 0) is 49.4 Å². The molecule has 0 spiro atoms. The Morgan fingerprint density at radius 3 is 2.66 bits per heavy atom. The number of nitrogens with zero attached hydrogens (tertiary/aromatic N) is 4. The van der Waals surface area contributed by atoms with Crippen LogP contribution in [0.25, 0.3) is 5.69 Å².